The van der Waals surface area contributed by atoms with Crippen LogP contribution >= 0.6 is 0 Å². The van der Waals surface area contributed by atoms with Crippen LogP contribution in [0.2, 0.25) is 0 Å². The molecular formula is C7H8O2. The van der Waals surface area contributed by atoms with E-state index in [1.807, 2.05) is 12.1 Å². The van der Waals surface area contributed by atoms with Crippen molar-refractivity contribution in [3.8, 4) is 0 Å². The van der Waals surface area contributed by atoms with Gasteiger partial charge in [-0.05, 0) is 12.1 Å². The molecule has 1 aromatic heterocycles. The molecule has 0 aliphatic rings. The molecule has 1 aromatic rings. The molecule has 0 unspecified atom stereocenters. The number of methoxy groups -OCH3 is 1. The molecule has 0 aliphatic heterocycles. The number of furan rings is 1. The highest BCUT2D eigenvalue weighted by Crippen LogP contribution is 2.01. The van der Waals surface area contributed by atoms with Crippen LogP contribution in [0, 0.1) is 0 Å². The van der Waals surface area contributed by atoms with E-state index in [0.29, 0.717) is 0 Å². The van der Waals surface area contributed by atoms with E-state index >= 15 is 0 Å². The van der Waals surface area contributed by atoms with E-state index in [1.165, 1.54) is 0 Å². The fraction of sp³-hybridized carbons (Fsp3) is 0.143. The van der Waals surface area contributed by atoms with Crippen molar-refractivity contribution in [2.45, 2.75) is 0 Å². The highest BCUT2D eigenvalue weighted by atomic mass is 16.5. The maximum atomic E-state index is 4.80. The summed E-state index contributed by atoms with van der Waals surface area (Å²) in [5.74, 6) is 0. The van der Waals surface area contributed by atoms with E-state index in [1.54, 1.807) is 25.9 Å². The van der Waals surface area contributed by atoms with Gasteiger partial charge in [0.2, 0.25) is 0 Å². The van der Waals surface area contributed by atoms with Gasteiger partial charge in [0.25, 0.3) is 0 Å². The second kappa shape index (κ2) is 2.97. The van der Waals surface area contributed by atoms with Gasteiger partial charge < -0.3 is 9.15 Å². The molecule has 0 aliphatic carbocycles. The van der Waals surface area contributed by atoms with Gasteiger partial charge in [-0.2, -0.15) is 0 Å². The average molecular weight is 124 g/mol. The highest BCUT2D eigenvalue weighted by molar-refractivity contribution is 5.45. The van der Waals surface area contributed by atoms with E-state index in [-0.39, 0.29) is 0 Å². The van der Waals surface area contributed by atoms with Crippen molar-refractivity contribution in [1.82, 2.24) is 0 Å². The Morgan fingerprint density at radius 3 is 3.11 bits per heavy atom. The first-order valence-corrected chi connectivity index (χ1v) is 2.65. The van der Waals surface area contributed by atoms with Gasteiger partial charge in [-0.1, -0.05) is 0 Å². The van der Waals surface area contributed by atoms with Gasteiger partial charge in [-0.15, -0.1) is 0 Å². The third-order valence-electron chi connectivity index (χ3n) is 0.940. The second-order valence-electron chi connectivity index (χ2n) is 1.60. The molecule has 0 atom stereocenters. The normalized spacial score (nSPS) is 10.3. The molecule has 0 N–H and O–H groups in total. The number of hydrogen-bond acceptors (Lipinski definition) is 2. The van der Waals surface area contributed by atoms with Crippen LogP contribution in [0.3, 0.4) is 0 Å². The Kier molecular flexibility index (Phi) is 1.96. The van der Waals surface area contributed by atoms with E-state index in [4.69, 9.17) is 9.15 Å². The molecule has 0 amide bonds. The second-order valence-corrected chi connectivity index (χ2v) is 1.60. The van der Waals surface area contributed by atoms with Gasteiger partial charge >= 0.3 is 0 Å². The van der Waals surface area contributed by atoms with Crippen molar-refractivity contribution >= 4 is 6.08 Å². The molecule has 0 saturated heterocycles. The average Bonchev–Trinajstić information content (AvgIpc) is 2.34. The summed E-state index contributed by atoms with van der Waals surface area (Å²) >= 11 is 0. The fourth-order valence-electron chi connectivity index (χ4n) is 0.516. The zero-order valence-electron chi connectivity index (χ0n) is 5.20. The van der Waals surface area contributed by atoms with Gasteiger partial charge in [0.1, 0.15) is 0 Å². The first-order valence-electron chi connectivity index (χ1n) is 2.65. The van der Waals surface area contributed by atoms with Crippen LogP contribution in [0.5, 0.6) is 0 Å². The van der Waals surface area contributed by atoms with Crippen LogP contribution in [0.25, 0.3) is 6.08 Å². The molecule has 2 nitrogen and oxygen atoms in total. The molecule has 2 heteroatoms. The van der Waals surface area contributed by atoms with Crippen molar-refractivity contribution in [3.63, 3.8) is 0 Å². The quantitative estimate of drug-likeness (QED) is 0.562. The fourth-order valence-corrected chi connectivity index (χ4v) is 0.516. The van der Waals surface area contributed by atoms with Crippen LogP contribution < -0.4 is 0 Å². The third-order valence-corrected chi connectivity index (χ3v) is 0.940. The van der Waals surface area contributed by atoms with Gasteiger partial charge in [0, 0.05) is 5.56 Å². The standard InChI is InChI=1S/C7H8O2/c1-8-4-2-7-3-5-9-6-7/h2-6H,1H3/b4-2+. The van der Waals surface area contributed by atoms with Crippen LogP contribution in [0.4, 0.5) is 0 Å². The van der Waals surface area contributed by atoms with Gasteiger partial charge in [-0.25, -0.2) is 0 Å². The lowest BCUT2D eigenvalue weighted by molar-refractivity contribution is 0.341. The third kappa shape index (κ3) is 1.64. The lowest BCUT2D eigenvalue weighted by Crippen LogP contribution is -1.63. The summed E-state index contributed by atoms with van der Waals surface area (Å²) in [6.45, 7) is 0. The van der Waals surface area contributed by atoms with E-state index in [9.17, 15) is 0 Å². The minimum Gasteiger partial charge on any atom is -0.504 e. The van der Waals surface area contributed by atoms with E-state index < -0.39 is 0 Å². The molecule has 1 rings (SSSR count). The van der Waals surface area contributed by atoms with Crippen molar-refractivity contribution in [2.24, 2.45) is 0 Å². The zero-order chi connectivity index (χ0) is 6.53. The maximum absolute atomic E-state index is 4.80. The van der Waals surface area contributed by atoms with Crippen LogP contribution in [0.15, 0.2) is 29.3 Å². The summed E-state index contributed by atoms with van der Waals surface area (Å²) in [6, 6.07) is 1.86. The summed E-state index contributed by atoms with van der Waals surface area (Å²) in [7, 11) is 1.61. The van der Waals surface area contributed by atoms with Crippen molar-refractivity contribution in [2.75, 3.05) is 7.11 Å². The largest absolute Gasteiger partial charge is 0.504 e. The Labute approximate surface area is 53.7 Å². The molecule has 0 saturated carbocycles. The number of hydrogen-bond donors (Lipinski definition) is 0. The van der Waals surface area contributed by atoms with Gasteiger partial charge in [-0.3, -0.25) is 0 Å². The predicted octanol–water partition coefficient (Wildman–Crippen LogP) is 1.90. The Morgan fingerprint density at radius 2 is 2.56 bits per heavy atom. The smallest absolute Gasteiger partial charge is 0.0976 e. The summed E-state index contributed by atoms with van der Waals surface area (Å²) in [4.78, 5) is 0. The predicted molar refractivity (Wildman–Crippen MR) is 34.8 cm³/mol. The molecule has 0 bridgehead atoms. The Hall–Kier alpha value is -1.18. The minimum atomic E-state index is 1.01. The maximum Gasteiger partial charge on any atom is 0.0976 e. The van der Waals surface area contributed by atoms with Crippen LogP contribution in [0.1, 0.15) is 5.56 Å². The molecule has 0 aromatic carbocycles. The lowest BCUT2D eigenvalue weighted by atomic mass is 10.3. The zero-order valence-corrected chi connectivity index (χ0v) is 5.20. The van der Waals surface area contributed by atoms with Crippen LogP contribution in [-0.2, 0) is 4.74 Å². The molecule has 0 radical (unpaired) electrons. The van der Waals surface area contributed by atoms with E-state index in [2.05, 4.69) is 0 Å². The first kappa shape index (κ1) is 5.95. The summed E-state index contributed by atoms with van der Waals surface area (Å²) in [6.07, 6.45) is 6.69. The lowest BCUT2D eigenvalue weighted by Gasteiger charge is -1.82. The molecule has 48 valence electrons. The Balaban J connectivity index is 2.57. The molecule has 0 spiro atoms. The monoisotopic (exact) mass is 124 g/mol. The minimum absolute atomic E-state index is 1.01. The van der Waals surface area contributed by atoms with Crippen molar-refractivity contribution in [1.29, 1.82) is 0 Å². The Morgan fingerprint density at radius 1 is 1.67 bits per heavy atom. The Bertz CT molecular complexity index is 175. The number of ether oxygens (including phenoxy) is 1. The SMILES string of the molecule is CO/C=C/c1ccoc1. The van der Waals surface area contributed by atoms with Crippen molar-refractivity contribution in [3.05, 3.63) is 30.4 Å². The van der Waals surface area contributed by atoms with Gasteiger partial charge in [0.15, 0.2) is 0 Å². The van der Waals surface area contributed by atoms with Crippen molar-refractivity contribution < 1.29 is 9.15 Å². The number of rotatable bonds is 2. The first-order chi connectivity index (χ1) is 4.43. The molecule has 9 heavy (non-hydrogen) atoms. The molecule has 0 fully saturated rings. The van der Waals surface area contributed by atoms with Gasteiger partial charge in [0.05, 0.1) is 25.9 Å². The summed E-state index contributed by atoms with van der Waals surface area (Å²) < 4.78 is 9.50. The molecular weight excluding hydrogens is 116 g/mol. The van der Waals surface area contributed by atoms with Crippen LogP contribution in [-0.4, -0.2) is 7.11 Å². The topological polar surface area (TPSA) is 22.4 Å². The summed E-state index contributed by atoms with van der Waals surface area (Å²) in [5, 5.41) is 0. The summed E-state index contributed by atoms with van der Waals surface area (Å²) in [5.41, 5.74) is 1.01. The highest BCUT2D eigenvalue weighted by Gasteiger charge is 1.83. The molecule has 1 heterocycles. The van der Waals surface area contributed by atoms with E-state index in [0.717, 1.165) is 5.56 Å².